The molecule has 2 N–H and O–H groups in total. The van der Waals surface area contributed by atoms with Gasteiger partial charge in [-0.1, -0.05) is 29.8 Å². The summed E-state index contributed by atoms with van der Waals surface area (Å²) in [5.74, 6) is -1.32. The molecule has 3 aromatic rings. The van der Waals surface area contributed by atoms with Gasteiger partial charge in [-0.25, -0.2) is 4.98 Å². The standard InChI is InChI=1S/C22H22ClN3O2S/c1-13-4-9-18(12-14(13)2)26-21(28)20(27)24-11-10-19-15(3)25-22(29-19)16-5-7-17(23)8-6-16/h4-9,12H,10-11H2,1-3H3,(H,24,27)(H,26,28). The van der Waals surface area contributed by atoms with Gasteiger partial charge in [0.1, 0.15) is 5.01 Å². The Morgan fingerprint density at radius 2 is 1.72 bits per heavy atom. The molecular weight excluding hydrogens is 406 g/mol. The van der Waals surface area contributed by atoms with Crippen LogP contribution in [0.15, 0.2) is 42.5 Å². The van der Waals surface area contributed by atoms with E-state index in [0.717, 1.165) is 32.3 Å². The molecule has 29 heavy (non-hydrogen) atoms. The number of anilines is 1. The molecule has 1 heterocycles. The van der Waals surface area contributed by atoms with E-state index >= 15 is 0 Å². The average molecular weight is 428 g/mol. The number of aromatic nitrogens is 1. The van der Waals surface area contributed by atoms with Gasteiger partial charge in [0.25, 0.3) is 0 Å². The Kier molecular flexibility index (Phi) is 6.67. The number of hydrogen-bond acceptors (Lipinski definition) is 4. The van der Waals surface area contributed by atoms with Crippen molar-refractivity contribution in [2.45, 2.75) is 27.2 Å². The highest BCUT2D eigenvalue weighted by Gasteiger charge is 2.15. The number of rotatable bonds is 5. The molecule has 0 spiro atoms. The van der Waals surface area contributed by atoms with Crippen LogP contribution in [0.4, 0.5) is 5.69 Å². The molecule has 2 aromatic carbocycles. The first-order chi connectivity index (χ1) is 13.8. The van der Waals surface area contributed by atoms with Crippen LogP contribution in [-0.2, 0) is 16.0 Å². The Balaban J connectivity index is 1.54. The Bertz CT molecular complexity index is 1040. The zero-order valence-corrected chi connectivity index (χ0v) is 18.1. The second kappa shape index (κ2) is 9.20. The minimum absolute atomic E-state index is 0.363. The molecule has 0 fully saturated rings. The molecule has 0 saturated carbocycles. The van der Waals surface area contributed by atoms with Crippen molar-refractivity contribution < 1.29 is 9.59 Å². The number of halogens is 1. The summed E-state index contributed by atoms with van der Waals surface area (Å²) in [4.78, 5) is 29.8. The molecule has 0 unspecified atom stereocenters. The first-order valence-corrected chi connectivity index (χ1v) is 10.4. The lowest BCUT2D eigenvalue weighted by Gasteiger charge is -2.08. The lowest BCUT2D eigenvalue weighted by Crippen LogP contribution is -2.36. The minimum atomic E-state index is -0.670. The molecule has 5 nitrogen and oxygen atoms in total. The summed E-state index contributed by atoms with van der Waals surface area (Å²) in [6.45, 7) is 6.26. The fourth-order valence-corrected chi connectivity index (χ4v) is 3.95. The molecule has 0 saturated heterocycles. The molecule has 0 bridgehead atoms. The van der Waals surface area contributed by atoms with Gasteiger partial charge in [-0.3, -0.25) is 9.59 Å². The summed E-state index contributed by atoms with van der Waals surface area (Å²) in [7, 11) is 0. The monoisotopic (exact) mass is 427 g/mol. The molecule has 0 aliphatic heterocycles. The average Bonchev–Trinajstić information content (AvgIpc) is 3.06. The molecule has 0 aliphatic rings. The fourth-order valence-electron chi connectivity index (χ4n) is 2.75. The topological polar surface area (TPSA) is 71.1 Å². The Labute approximate surface area is 179 Å². The number of nitrogens with zero attached hydrogens (tertiary/aromatic N) is 1. The van der Waals surface area contributed by atoms with E-state index in [2.05, 4.69) is 15.6 Å². The van der Waals surface area contributed by atoms with Crippen molar-refractivity contribution in [2.24, 2.45) is 0 Å². The molecular formula is C22H22ClN3O2S. The van der Waals surface area contributed by atoms with Crippen molar-refractivity contribution in [3.63, 3.8) is 0 Å². The predicted octanol–water partition coefficient (Wildman–Crippen LogP) is 4.69. The quantitative estimate of drug-likeness (QED) is 0.580. The van der Waals surface area contributed by atoms with Crippen LogP contribution in [-0.4, -0.2) is 23.3 Å². The highest BCUT2D eigenvalue weighted by molar-refractivity contribution is 7.15. The third-order valence-corrected chi connectivity index (χ3v) is 6.11. The van der Waals surface area contributed by atoms with Crippen LogP contribution < -0.4 is 10.6 Å². The Morgan fingerprint density at radius 3 is 2.41 bits per heavy atom. The van der Waals surface area contributed by atoms with Gasteiger partial charge >= 0.3 is 11.8 Å². The van der Waals surface area contributed by atoms with Gasteiger partial charge < -0.3 is 10.6 Å². The van der Waals surface area contributed by atoms with Crippen LogP contribution in [0.25, 0.3) is 10.6 Å². The van der Waals surface area contributed by atoms with Crippen molar-refractivity contribution in [2.75, 3.05) is 11.9 Å². The van der Waals surface area contributed by atoms with Crippen LogP contribution in [0.1, 0.15) is 21.7 Å². The lowest BCUT2D eigenvalue weighted by atomic mass is 10.1. The van der Waals surface area contributed by atoms with E-state index in [1.54, 1.807) is 17.4 Å². The van der Waals surface area contributed by atoms with E-state index in [4.69, 9.17) is 11.6 Å². The summed E-state index contributed by atoms with van der Waals surface area (Å²) in [6.07, 6.45) is 0.611. The van der Waals surface area contributed by atoms with Crippen LogP contribution in [0.3, 0.4) is 0 Å². The van der Waals surface area contributed by atoms with Gasteiger partial charge in [-0.05, 0) is 56.2 Å². The SMILES string of the molecule is Cc1ccc(NC(=O)C(=O)NCCc2sc(-c3ccc(Cl)cc3)nc2C)cc1C. The van der Waals surface area contributed by atoms with Crippen LogP contribution in [0.5, 0.6) is 0 Å². The van der Waals surface area contributed by atoms with Gasteiger partial charge in [0, 0.05) is 34.1 Å². The zero-order chi connectivity index (χ0) is 21.0. The summed E-state index contributed by atoms with van der Waals surface area (Å²) in [5.41, 5.74) is 4.73. The van der Waals surface area contributed by atoms with E-state index in [0.29, 0.717) is 23.7 Å². The molecule has 150 valence electrons. The van der Waals surface area contributed by atoms with Gasteiger partial charge in [-0.2, -0.15) is 0 Å². The van der Waals surface area contributed by atoms with Gasteiger partial charge in [0.15, 0.2) is 0 Å². The van der Waals surface area contributed by atoms with Crippen molar-refractivity contribution in [3.8, 4) is 10.6 Å². The third-order valence-electron chi connectivity index (χ3n) is 4.59. The predicted molar refractivity (Wildman–Crippen MR) is 119 cm³/mol. The maximum atomic E-state index is 12.1. The van der Waals surface area contributed by atoms with Crippen molar-refractivity contribution in [1.29, 1.82) is 0 Å². The maximum Gasteiger partial charge on any atom is 0.313 e. The van der Waals surface area contributed by atoms with E-state index in [1.807, 2.05) is 57.2 Å². The van der Waals surface area contributed by atoms with Gasteiger partial charge in [-0.15, -0.1) is 11.3 Å². The smallest absolute Gasteiger partial charge is 0.313 e. The summed E-state index contributed by atoms with van der Waals surface area (Å²) in [5, 5.41) is 6.89. The molecule has 7 heteroatoms. The van der Waals surface area contributed by atoms with Crippen molar-refractivity contribution >= 4 is 40.4 Å². The zero-order valence-electron chi connectivity index (χ0n) is 16.5. The van der Waals surface area contributed by atoms with Crippen LogP contribution in [0, 0.1) is 20.8 Å². The van der Waals surface area contributed by atoms with E-state index in [9.17, 15) is 9.59 Å². The number of thiazole rings is 1. The van der Waals surface area contributed by atoms with Gasteiger partial charge in [0.05, 0.1) is 5.69 Å². The lowest BCUT2D eigenvalue weighted by molar-refractivity contribution is -0.136. The number of aryl methyl sites for hydroxylation is 3. The van der Waals surface area contributed by atoms with E-state index in [1.165, 1.54) is 0 Å². The molecule has 0 aliphatic carbocycles. The normalized spacial score (nSPS) is 10.6. The first kappa shape index (κ1) is 21.0. The number of amides is 2. The second-order valence-corrected chi connectivity index (χ2v) is 8.31. The number of carbonyl (C=O) groups is 2. The van der Waals surface area contributed by atoms with E-state index in [-0.39, 0.29) is 0 Å². The third kappa shape index (κ3) is 5.43. The van der Waals surface area contributed by atoms with Crippen LogP contribution >= 0.6 is 22.9 Å². The van der Waals surface area contributed by atoms with Gasteiger partial charge in [0.2, 0.25) is 0 Å². The Morgan fingerprint density at radius 1 is 1.00 bits per heavy atom. The van der Waals surface area contributed by atoms with Crippen LogP contribution in [0.2, 0.25) is 5.02 Å². The minimum Gasteiger partial charge on any atom is -0.347 e. The highest BCUT2D eigenvalue weighted by Crippen LogP contribution is 2.29. The number of carbonyl (C=O) groups excluding carboxylic acids is 2. The van der Waals surface area contributed by atoms with Crippen molar-refractivity contribution in [1.82, 2.24) is 10.3 Å². The molecule has 1 aromatic heterocycles. The molecule has 3 rings (SSSR count). The molecule has 2 amide bonds. The number of benzene rings is 2. The maximum absolute atomic E-state index is 12.1. The second-order valence-electron chi connectivity index (χ2n) is 6.79. The Hall–Kier alpha value is -2.70. The summed E-state index contributed by atoms with van der Waals surface area (Å²) < 4.78 is 0. The van der Waals surface area contributed by atoms with Crippen molar-refractivity contribution in [3.05, 3.63) is 69.2 Å². The summed E-state index contributed by atoms with van der Waals surface area (Å²) in [6, 6.07) is 13.1. The largest absolute Gasteiger partial charge is 0.347 e. The van der Waals surface area contributed by atoms with E-state index < -0.39 is 11.8 Å². The number of nitrogens with one attached hydrogen (secondary N) is 2. The summed E-state index contributed by atoms with van der Waals surface area (Å²) >= 11 is 7.51. The number of hydrogen-bond donors (Lipinski definition) is 2. The molecule has 0 atom stereocenters. The molecule has 0 radical (unpaired) electrons. The highest BCUT2D eigenvalue weighted by atomic mass is 35.5. The fraction of sp³-hybridized carbons (Fsp3) is 0.227. The first-order valence-electron chi connectivity index (χ1n) is 9.22.